The van der Waals surface area contributed by atoms with Crippen molar-refractivity contribution in [3.63, 3.8) is 0 Å². The van der Waals surface area contributed by atoms with Gasteiger partial charge in [0.1, 0.15) is 5.75 Å². The maximum Gasteiger partial charge on any atom is 0.335 e. The lowest BCUT2D eigenvalue weighted by molar-refractivity contribution is 0.00592. The van der Waals surface area contributed by atoms with Gasteiger partial charge in [-0.3, -0.25) is 0 Å². The second-order valence-electron chi connectivity index (χ2n) is 13.5. The van der Waals surface area contributed by atoms with Gasteiger partial charge < -0.3 is 19.5 Å². The maximum absolute atomic E-state index is 12.0. The van der Waals surface area contributed by atoms with E-state index in [4.69, 9.17) is 26.2 Å². The SMILES string of the molecule is CC[C@H](CS(N)(=O)=O)C(C)/C=C(\C)[C@@H](OC)[C@@H]1CC[C@H]1CN1C[C@@]2(CCCc3cc(Cl)ccc32)COc2ccc(C(=O)O)cc21. The second-order valence-corrected chi connectivity index (χ2v) is 15.6. The fourth-order valence-electron chi connectivity index (χ4n) is 8.03. The molecule has 2 aliphatic carbocycles. The summed E-state index contributed by atoms with van der Waals surface area (Å²) < 4.78 is 36.3. The van der Waals surface area contributed by atoms with Crippen LogP contribution >= 0.6 is 11.6 Å². The number of benzene rings is 2. The number of hydrogen-bond donors (Lipinski definition) is 2. The van der Waals surface area contributed by atoms with Crippen LogP contribution in [0.5, 0.6) is 5.75 Å². The Morgan fingerprint density at radius 3 is 2.69 bits per heavy atom. The van der Waals surface area contributed by atoms with Gasteiger partial charge in [0.2, 0.25) is 10.0 Å². The third-order valence-electron chi connectivity index (χ3n) is 10.5. The third-order valence-corrected chi connectivity index (χ3v) is 11.7. The number of nitrogens with two attached hydrogens (primary N) is 1. The Labute approximate surface area is 273 Å². The van der Waals surface area contributed by atoms with Crippen LogP contribution in [0.4, 0.5) is 5.69 Å². The van der Waals surface area contributed by atoms with Gasteiger partial charge in [-0.2, -0.15) is 0 Å². The van der Waals surface area contributed by atoms with Crippen LogP contribution in [0.15, 0.2) is 48.0 Å². The number of halogens is 1. The quantitative estimate of drug-likeness (QED) is 0.266. The van der Waals surface area contributed by atoms with Crippen molar-refractivity contribution in [1.82, 2.24) is 0 Å². The number of primary sulfonamides is 1. The van der Waals surface area contributed by atoms with Crippen LogP contribution in [-0.2, 0) is 26.6 Å². The molecule has 10 heteroatoms. The molecule has 0 radical (unpaired) electrons. The first-order valence-corrected chi connectivity index (χ1v) is 18.2. The Kier molecular flexibility index (Phi) is 10.2. The first-order chi connectivity index (χ1) is 21.3. The number of carbonyl (C=O) groups is 1. The number of aromatic carboxylic acids is 1. The molecular weight excluding hydrogens is 612 g/mol. The smallest absolute Gasteiger partial charge is 0.335 e. The number of sulfonamides is 1. The van der Waals surface area contributed by atoms with Gasteiger partial charge in [0.15, 0.2) is 0 Å². The summed E-state index contributed by atoms with van der Waals surface area (Å²) in [6, 6.07) is 11.4. The lowest BCUT2D eigenvalue weighted by Gasteiger charge is -2.46. The Morgan fingerprint density at radius 1 is 1.27 bits per heavy atom. The molecule has 1 heterocycles. The molecule has 2 aromatic rings. The lowest BCUT2D eigenvalue weighted by Crippen LogP contribution is -2.50. The van der Waals surface area contributed by atoms with Gasteiger partial charge in [0.05, 0.1) is 29.7 Å². The predicted octanol–water partition coefficient (Wildman–Crippen LogP) is 6.45. The van der Waals surface area contributed by atoms with Gasteiger partial charge in [0, 0.05) is 30.6 Å². The third kappa shape index (κ3) is 7.37. The van der Waals surface area contributed by atoms with E-state index in [1.165, 1.54) is 11.1 Å². The second kappa shape index (κ2) is 13.6. The molecule has 5 rings (SSSR count). The summed E-state index contributed by atoms with van der Waals surface area (Å²) in [6.45, 7) is 8.11. The topological polar surface area (TPSA) is 119 Å². The van der Waals surface area contributed by atoms with Crippen LogP contribution in [0.2, 0.25) is 5.02 Å². The molecule has 1 aliphatic heterocycles. The molecule has 3 aliphatic rings. The summed E-state index contributed by atoms with van der Waals surface area (Å²) in [5, 5.41) is 16.0. The van der Waals surface area contributed by atoms with Gasteiger partial charge in [-0.15, -0.1) is 0 Å². The molecule has 246 valence electrons. The van der Waals surface area contributed by atoms with E-state index in [9.17, 15) is 18.3 Å². The van der Waals surface area contributed by atoms with Crippen molar-refractivity contribution in [3.8, 4) is 5.75 Å². The summed E-state index contributed by atoms with van der Waals surface area (Å²) in [6.07, 6.45) is 7.84. The van der Waals surface area contributed by atoms with Crippen molar-refractivity contribution in [2.45, 2.75) is 70.8 Å². The van der Waals surface area contributed by atoms with Crippen LogP contribution in [0.1, 0.15) is 74.4 Å². The number of carboxylic acids is 1. The summed E-state index contributed by atoms with van der Waals surface area (Å²) in [4.78, 5) is 14.4. The minimum absolute atomic E-state index is 0.0355. The molecule has 1 saturated carbocycles. The van der Waals surface area contributed by atoms with Crippen molar-refractivity contribution in [2.24, 2.45) is 28.8 Å². The number of fused-ring (bicyclic) bond motifs is 3. The fourth-order valence-corrected chi connectivity index (χ4v) is 9.36. The van der Waals surface area contributed by atoms with Gasteiger partial charge in [-0.05, 0) is 110 Å². The number of nitrogens with zero attached hydrogens (tertiary/aromatic N) is 1. The molecule has 2 aromatic carbocycles. The van der Waals surface area contributed by atoms with Gasteiger partial charge in [-0.1, -0.05) is 44.0 Å². The van der Waals surface area contributed by atoms with Crippen LogP contribution in [-0.4, -0.2) is 58.2 Å². The number of hydrogen-bond acceptors (Lipinski definition) is 6. The molecule has 0 aromatic heterocycles. The predicted molar refractivity (Wildman–Crippen MR) is 179 cm³/mol. The molecule has 8 nitrogen and oxygen atoms in total. The molecule has 1 spiro atoms. The van der Waals surface area contributed by atoms with E-state index in [-0.39, 0.29) is 40.6 Å². The highest BCUT2D eigenvalue weighted by Gasteiger charge is 2.45. The van der Waals surface area contributed by atoms with E-state index in [0.29, 0.717) is 18.3 Å². The van der Waals surface area contributed by atoms with Gasteiger partial charge in [-0.25, -0.2) is 18.4 Å². The highest BCUT2D eigenvalue weighted by Crippen LogP contribution is 2.47. The molecule has 45 heavy (non-hydrogen) atoms. The molecule has 6 atom stereocenters. The van der Waals surface area contributed by atoms with E-state index in [1.807, 2.05) is 13.0 Å². The van der Waals surface area contributed by atoms with Crippen molar-refractivity contribution < 1.29 is 27.8 Å². The van der Waals surface area contributed by atoms with Crippen molar-refractivity contribution >= 4 is 33.3 Å². The fraction of sp³-hybridized carbons (Fsp3) is 0.571. The number of anilines is 1. The summed E-state index contributed by atoms with van der Waals surface area (Å²) in [7, 11) is -1.82. The molecule has 0 bridgehead atoms. The molecule has 0 saturated heterocycles. The number of allylic oxidation sites excluding steroid dienone is 1. The monoisotopic (exact) mass is 658 g/mol. The maximum atomic E-state index is 12.0. The molecule has 1 fully saturated rings. The molecule has 3 N–H and O–H groups in total. The number of rotatable bonds is 11. The van der Waals surface area contributed by atoms with E-state index < -0.39 is 16.0 Å². The minimum Gasteiger partial charge on any atom is -0.490 e. The summed E-state index contributed by atoms with van der Waals surface area (Å²) >= 11 is 6.40. The number of methoxy groups -OCH3 is 1. The molecule has 0 amide bonds. The number of aryl methyl sites for hydroxylation is 1. The van der Waals surface area contributed by atoms with Crippen LogP contribution in [0, 0.1) is 23.7 Å². The first-order valence-electron chi connectivity index (χ1n) is 16.1. The standard InChI is InChI=1S/C35H47ClN2O6S/c1-5-24(19-45(37,41)42)22(2)15-23(3)33(43-4)29-11-8-27(29)18-38-20-35(14-6-7-25-16-28(36)10-12-30(25)35)21-44-32-13-9-26(34(39)40)17-31(32)38/h9-10,12-13,15-17,22,24,27,29,33H,5-8,11,14,18-21H2,1-4H3,(H,39,40)(H2,37,41,42)/b23-15+/t22?,24-,27+,29-,33-,35+/m1/s1. The Morgan fingerprint density at radius 2 is 2.04 bits per heavy atom. The largest absolute Gasteiger partial charge is 0.490 e. The first kappa shape index (κ1) is 33.8. The van der Waals surface area contributed by atoms with E-state index >= 15 is 0 Å². The van der Waals surface area contributed by atoms with Crippen molar-refractivity contribution in [1.29, 1.82) is 0 Å². The minimum atomic E-state index is -3.57. The Bertz CT molecular complexity index is 1540. The van der Waals surface area contributed by atoms with Gasteiger partial charge >= 0.3 is 5.97 Å². The zero-order chi connectivity index (χ0) is 32.5. The van der Waals surface area contributed by atoms with E-state index in [0.717, 1.165) is 67.9 Å². The van der Waals surface area contributed by atoms with Crippen LogP contribution in [0.3, 0.4) is 0 Å². The Hall–Kier alpha value is -2.59. The highest BCUT2D eigenvalue weighted by molar-refractivity contribution is 7.89. The summed E-state index contributed by atoms with van der Waals surface area (Å²) in [5.74, 6) is 0.287. The zero-order valence-electron chi connectivity index (χ0n) is 26.8. The summed E-state index contributed by atoms with van der Waals surface area (Å²) in [5.41, 5.74) is 4.46. The van der Waals surface area contributed by atoms with Gasteiger partial charge in [0.25, 0.3) is 0 Å². The van der Waals surface area contributed by atoms with Crippen molar-refractivity contribution in [3.05, 3.63) is 69.8 Å². The normalized spacial score (nSPS) is 25.3. The number of ether oxygens (including phenoxy) is 2. The van der Waals surface area contributed by atoms with E-state index in [2.05, 4.69) is 37.0 Å². The molecule has 1 unspecified atom stereocenters. The average Bonchev–Trinajstić information content (AvgIpc) is 3.12. The van der Waals surface area contributed by atoms with Crippen molar-refractivity contribution in [2.75, 3.05) is 37.5 Å². The van der Waals surface area contributed by atoms with E-state index in [1.54, 1.807) is 25.3 Å². The Balaban J connectivity index is 1.44. The lowest BCUT2D eigenvalue weighted by atomic mass is 9.67. The highest BCUT2D eigenvalue weighted by atomic mass is 35.5. The number of carboxylic acid groups (broad SMARTS) is 1. The van der Waals surface area contributed by atoms with Crippen LogP contribution in [0.25, 0.3) is 0 Å². The van der Waals surface area contributed by atoms with Crippen LogP contribution < -0.4 is 14.8 Å². The average molecular weight is 659 g/mol. The molecular formula is C35H47ClN2O6S. The zero-order valence-corrected chi connectivity index (χ0v) is 28.4.